The van der Waals surface area contributed by atoms with Crippen LogP contribution in [0.3, 0.4) is 0 Å². The van der Waals surface area contributed by atoms with E-state index in [1.165, 1.54) is 29.5 Å². The highest BCUT2D eigenvalue weighted by Crippen LogP contribution is 2.09. The number of hydrogen-bond acceptors (Lipinski definition) is 1. The van der Waals surface area contributed by atoms with Gasteiger partial charge >= 0.3 is 0 Å². The van der Waals surface area contributed by atoms with Gasteiger partial charge in [-0.25, -0.2) is 0 Å². The molecule has 1 aromatic carbocycles. The molecule has 1 heteroatoms. The first-order valence-electron chi connectivity index (χ1n) is 5.51. The minimum atomic E-state index is 1.00. The average Bonchev–Trinajstić information content (AvgIpc) is 2.18. The molecule has 1 N–H and O–H groups in total. The van der Waals surface area contributed by atoms with Crippen molar-refractivity contribution in [1.29, 1.82) is 0 Å². The molecule has 0 spiro atoms. The lowest BCUT2D eigenvalue weighted by Crippen LogP contribution is -2.14. The lowest BCUT2D eigenvalue weighted by molar-refractivity contribution is 0.641. The summed E-state index contributed by atoms with van der Waals surface area (Å²) in [6.07, 6.45) is 2.53. The fourth-order valence-corrected chi connectivity index (χ4v) is 1.45. The summed E-state index contributed by atoms with van der Waals surface area (Å²) >= 11 is 0. The van der Waals surface area contributed by atoms with Crippen molar-refractivity contribution in [2.75, 3.05) is 6.54 Å². The van der Waals surface area contributed by atoms with Crippen LogP contribution in [-0.4, -0.2) is 6.54 Å². The fraction of sp³-hybridized carbons (Fsp3) is 0.538. The molecule has 1 rings (SSSR count). The van der Waals surface area contributed by atoms with Crippen molar-refractivity contribution in [3.8, 4) is 0 Å². The van der Waals surface area contributed by atoms with Gasteiger partial charge in [0, 0.05) is 6.54 Å². The number of benzene rings is 1. The summed E-state index contributed by atoms with van der Waals surface area (Å²) in [4.78, 5) is 0. The predicted molar refractivity (Wildman–Crippen MR) is 62.5 cm³/mol. The van der Waals surface area contributed by atoms with E-state index in [2.05, 4.69) is 44.3 Å². The maximum atomic E-state index is 3.45. The zero-order valence-corrected chi connectivity index (χ0v) is 9.56. The molecule has 1 nitrogen and oxygen atoms in total. The summed E-state index contributed by atoms with van der Waals surface area (Å²) in [5.41, 5.74) is 4.16. The van der Waals surface area contributed by atoms with E-state index in [1.807, 2.05) is 0 Å². The van der Waals surface area contributed by atoms with Crippen LogP contribution < -0.4 is 5.32 Å². The molecule has 0 amide bonds. The minimum absolute atomic E-state index is 1.00. The number of unbranched alkanes of at least 4 members (excludes halogenated alkanes) is 1. The van der Waals surface area contributed by atoms with E-state index in [9.17, 15) is 0 Å². The Bertz CT molecular complexity index is 279. The van der Waals surface area contributed by atoms with Crippen LogP contribution in [0.2, 0.25) is 0 Å². The average molecular weight is 191 g/mol. The molecule has 0 unspecified atom stereocenters. The molecule has 78 valence electrons. The lowest BCUT2D eigenvalue weighted by atomic mass is 10.1. The molecule has 0 atom stereocenters. The van der Waals surface area contributed by atoms with Crippen LogP contribution in [0.5, 0.6) is 0 Å². The van der Waals surface area contributed by atoms with Gasteiger partial charge in [0.25, 0.3) is 0 Å². The third kappa shape index (κ3) is 3.51. The van der Waals surface area contributed by atoms with Crippen molar-refractivity contribution in [3.05, 3.63) is 34.9 Å². The summed E-state index contributed by atoms with van der Waals surface area (Å²) in [6, 6.07) is 6.68. The van der Waals surface area contributed by atoms with Crippen molar-refractivity contribution in [1.82, 2.24) is 5.32 Å². The highest BCUT2D eigenvalue weighted by molar-refractivity contribution is 5.29. The molecule has 0 radical (unpaired) electrons. The molecule has 0 saturated heterocycles. The van der Waals surface area contributed by atoms with E-state index in [0.717, 1.165) is 13.1 Å². The molecule has 14 heavy (non-hydrogen) atoms. The van der Waals surface area contributed by atoms with Gasteiger partial charge in [-0.1, -0.05) is 31.5 Å². The molecule has 0 bridgehead atoms. The Labute approximate surface area is 87.5 Å². The largest absolute Gasteiger partial charge is 0.313 e. The third-order valence-corrected chi connectivity index (χ3v) is 2.61. The molecule has 0 fully saturated rings. The first-order valence-corrected chi connectivity index (χ1v) is 5.51. The smallest absolute Gasteiger partial charge is 0.0205 e. The highest BCUT2D eigenvalue weighted by atomic mass is 14.8. The van der Waals surface area contributed by atoms with Gasteiger partial charge in [-0.3, -0.25) is 0 Å². The van der Waals surface area contributed by atoms with E-state index < -0.39 is 0 Å². The van der Waals surface area contributed by atoms with Gasteiger partial charge in [0.2, 0.25) is 0 Å². The second-order valence-corrected chi connectivity index (χ2v) is 3.95. The van der Waals surface area contributed by atoms with Crippen molar-refractivity contribution >= 4 is 0 Å². The second-order valence-electron chi connectivity index (χ2n) is 3.95. The van der Waals surface area contributed by atoms with Crippen molar-refractivity contribution in [3.63, 3.8) is 0 Å². The molecule has 0 aromatic heterocycles. The molecule has 0 saturated carbocycles. The second kappa shape index (κ2) is 5.82. The number of rotatable bonds is 5. The maximum Gasteiger partial charge on any atom is 0.0205 e. The molecule has 1 aromatic rings. The van der Waals surface area contributed by atoms with Gasteiger partial charge in [0.05, 0.1) is 0 Å². The van der Waals surface area contributed by atoms with Crippen LogP contribution in [0.25, 0.3) is 0 Å². The Morgan fingerprint density at radius 2 is 1.93 bits per heavy atom. The zero-order valence-electron chi connectivity index (χ0n) is 9.56. The molecule has 0 aliphatic rings. The third-order valence-electron chi connectivity index (χ3n) is 2.61. The standard InChI is InChI=1S/C13H21N/c1-4-5-8-14-10-13-7-6-11(2)12(3)9-13/h6-7,9,14H,4-5,8,10H2,1-3H3. The zero-order chi connectivity index (χ0) is 10.4. The summed E-state index contributed by atoms with van der Waals surface area (Å²) in [6.45, 7) is 8.68. The van der Waals surface area contributed by atoms with Crippen molar-refractivity contribution in [2.24, 2.45) is 0 Å². The van der Waals surface area contributed by atoms with Gasteiger partial charge in [0.15, 0.2) is 0 Å². The Kier molecular flexibility index (Phi) is 4.68. The van der Waals surface area contributed by atoms with Crippen molar-refractivity contribution < 1.29 is 0 Å². The van der Waals surface area contributed by atoms with Crippen LogP contribution in [-0.2, 0) is 6.54 Å². The van der Waals surface area contributed by atoms with Gasteiger partial charge < -0.3 is 5.32 Å². The Hall–Kier alpha value is -0.820. The SMILES string of the molecule is CCCCNCc1ccc(C)c(C)c1. The van der Waals surface area contributed by atoms with Crippen LogP contribution >= 0.6 is 0 Å². The Balaban J connectivity index is 2.39. The topological polar surface area (TPSA) is 12.0 Å². The summed E-state index contributed by atoms with van der Waals surface area (Å²) in [7, 11) is 0. The van der Waals surface area contributed by atoms with Crippen LogP contribution in [0.15, 0.2) is 18.2 Å². The summed E-state index contributed by atoms with van der Waals surface area (Å²) in [5.74, 6) is 0. The van der Waals surface area contributed by atoms with E-state index in [-0.39, 0.29) is 0 Å². The van der Waals surface area contributed by atoms with E-state index >= 15 is 0 Å². The first kappa shape index (κ1) is 11.3. The van der Waals surface area contributed by atoms with Gasteiger partial charge in [-0.15, -0.1) is 0 Å². The predicted octanol–water partition coefficient (Wildman–Crippen LogP) is 3.19. The molecule has 0 aliphatic heterocycles. The van der Waals surface area contributed by atoms with Gasteiger partial charge in [0.1, 0.15) is 0 Å². The van der Waals surface area contributed by atoms with Gasteiger partial charge in [-0.05, 0) is 43.5 Å². The van der Waals surface area contributed by atoms with Gasteiger partial charge in [-0.2, -0.15) is 0 Å². The molecular weight excluding hydrogens is 170 g/mol. The van der Waals surface area contributed by atoms with E-state index in [0.29, 0.717) is 0 Å². The minimum Gasteiger partial charge on any atom is -0.313 e. The number of hydrogen-bond donors (Lipinski definition) is 1. The van der Waals surface area contributed by atoms with Crippen LogP contribution in [0, 0.1) is 13.8 Å². The fourth-order valence-electron chi connectivity index (χ4n) is 1.45. The summed E-state index contributed by atoms with van der Waals surface area (Å²) < 4.78 is 0. The highest BCUT2D eigenvalue weighted by Gasteiger charge is 1.95. The quantitative estimate of drug-likeness (QED) is 0.705. The molecule has 0 aliphatic carbocycles. The number of nitrogens with one attached hydrogen (secondary N) is 1. The Morgan fingerprint density at radius 1 is 1.14 bits per heavy atom. The lowest BCUT2D eigenvalue weighted by Gasteiger charge is -2.06. The van der Waals surface area contributed by atoms with Crippen molar-refractivity contribution in [2.45, 2.75) is 40.2 Å². The van der Waals surface area contributed by atoms with Crippen LogP contribution in [0.1, 0.15) is 36.5 Å². The monoisotopic (exact) mass is 191 g/mol. The maximum absolute atomic E-state index is 3.45. The first-order chi connectivity index (χ1) is 6.74. The number of aryl methyl sites for hydroxylation is 2. The van der Waals surface area contributed by atoms with E-state index in [4.69, 9.17) is 0 Å². The molecule has 0 heterocycles. The summed E-state index contributed by atoms with van der Waals surface area (Å²) in [5, 5.41) is 3.45. The molecular formula is C13H21N. The van der Waals surface area contributed by atoms with Crippen LogP contribution in [0.4, 0.5) is 0 Å². The Morgan fingerprint density at radius 3 is 2.57 bits per heavy atom. The van der Waals surface area contributed by atoms with E-state index in [1.54, 1.807) is 0 Å². The normalized spacial score (nSPS) is 10.5.